The summed E-state index contributed by atoms with van der Waals surface area (Å²) in [4.78, 5) is 4.43. The van der Waals surface area contributed by atoms with Crippen LogP contribution in [0, 0.1) is 5.92 Å². The number of hydrogen-bond acceptors (Lipinski definition) is 5. The maximum atomic E-state index is 5.64. The van der Waals surface area contributed by atoms with Gasteiger partial charge in [0, 0.05) is 6.61 Å². The quantitative estimate of drug-likeness (QED) is 0.827. The van der Waals surface area contributed by atoms with Crippen LogP contribution in [-0.4, -0.2) is 23.8 Å². The van der Waals surface area contributed by atoms with Crippen LogP contribution in [0.5, 0.6) is 0 Å². The summed E-state index contributed by atoms with van der Waals surface area (Å²) in [7, 11) is 1.87. The molecule has 1 aromatic heterocycles. The van der Waals surface area contributed by atoms with E-state index in [-0.39, 0.29) is 11.6 Å². The van der Waals surface area contributed by atoms with Gasteiger partial charge in [-0.1, -0.05) is 19.0 Å². The lowest BCUT2D eigenvalue weighted by Crippen LogP contribution is -2.33. The van der Waals surface area contributed by atoms with Crippen molar-refractivity contribution in [1.82, 2.24) is 15.5 Å². The molecule has 0 aliphatic heterocycles. The lowest BCUT2D eigenvalue weighted by atomic mass is 10.1. The third-order valence-corrected chi connectivity index (χ3v) is 2.81. The van der Waals surface area contributed by atoms with Crippen LogP contribution in [0.1, 0.15) is 52.4 Å². The van der Waals surface area contributed by atoms with E-state index in [4.69, 9.17) is 9.26 Å². The van der Waals surface area contributed by atoms with Gasteiger partial charge in [0.25, 0.3) is 0 Å². The highest BCUT2D eigenvalue weighted by atomic mass is 16.5. The van der Waals surface area contributed by atoms with Crippen LogP contribution in [0.25, 0.3) is 0 Å². The van der Waals surface area contributed by atoms with Crippen LogP contribution in [0.3, 0.4) is 0 Å². The van der Waals surface area contributed by atoms with E-state index in [1.165, 1.54) is 0 Å². The number of aromatic nitrogens is 2. The number of nitrogens with zero attached hydrogens (tertiary/aromatic N) is 2. The molecular formula is C12H23N3O2. The molecule has 0 bridgehead atoms. The zero-order valence-corrected chi connectivity index (χ0v) is 11.6. The molecule has 0 saturated heterocycles. The van der Waals surface area contributed by atoms with Gasteiger partial charge in [-0.2, -0.15) is 4.98 Å². The fourth-order valence-corrected chi connectivity index (χ4v) is 1.46. The SMILES string of the molecule is CCOC(c1noc(C(C)(C)NC)n1)C(C)C. The highest BCUT2D eigenvalue weighted by molar-refractivity contribution is 5.01. The Labute approximate surface area is 103 Å². The Morgan fingerprint density at radius 3 is 2.53 bits per heavy atom. The fraction of sp³-hybridized carbons (Fsp3) is 0.833. The van der Waals surface area contributed by atoms with Gasteiger partial charge < -0.3 is 14.6 Å². The molecule has 0 amide bonds. The summed E-state index contributed by atoms with van der Waals surface area (Å²) in [5, 5.41) is 7.15. The van der Waals surface area contributed by atoms with Crippen LogP contribution < -0.4 is 5.32 Å². The summed E-state index contributed by atoms with van der Waals surface area (Å²) in [5.74, 6) is 1.53. The smallest absolute Gasteiger partial charge is 0.246 e. The molecule has 0 aliphatic carbocycles. The van der Waals surface area contributed by atoms with Crippen molar-refractivity contribution < 1.29 is 9.26 Å². The molecule has 1 N–H and O–H groups in total. The summed E-state index contributed by atoms with van der Waals surface area (Å²) in [6.45, 7) is 10.8. The van der Waals surface area contributed by atoms with Crippen molar-refractivity contribution in [3.05, 3.63) is 11.7 Å². The van der Waals surface area contributed by atoms with Crippen molar-refractivity contribution in [2.75, 3.05) is 13.7 Å². The van der Waals surface area contributed by atoms with E-state index < -0.39 is 0 Å². The number of hydrogen-bond donors (Lipinski definition) is 1. The van der Waals surface area contributed by atoms with E-state index >= 15 is 0 Å². The first-order chi connectivity index (χ1) is 7.92. The molecule has 0 saturated carbocycles. The van der Waals surface area contributed by atoms with Crippen molar-refractivity contribution in [1.29, 1.82) is 0 Å². The van der Waals surface area contributed by atoms with E-state index in [2.05, 4.69) is 29.3 Å². The first-order valence-corrected chi connectivity index (χ1v) is 6.07. The molecule has 0 aromatic carbocycles. The normalized spacial score (nSPS) is 14.3. The minimum atomic E-state index is -0.320. The molecule has 1 atom stereocenters. The highest BCUT2D eigenvalue weighted by Gasteiger charge is 2.29. The monoisotopic (exact) mass is 241 g/mol. The first kappa shape index (κ1) is 14.1. The van der Waals surface area contributed by atoms with Crippen molar-refractivity contribution >= 4 is 0 Å². The van der Waals surface area contributed by atoms with Crippen LogP contribution in [0.2, 0.25) is 0 Å². The minimum absolute atomic E-state index is 0.106. The maximum Gasteiger partial charge on any atom is 0.246 e. The lowest BCUT2D eigenvalue weighted by Gasteiger charge is -2.19. The van der Waals surface area contributed by atoms with E-state index in [0.29, 0.717) is 24.2 Å². The average Bonchev–Trinajstić information content (AvgIpc) is 2.75. The second-order valence-electron chi connectivity index (χ2n) is 4.95. The molecule has 0 aliphatic rings. The molecule has 0 spiro atoms. The van der Waals surface area contributed by atoms with Gasteiger partial charge in [0.2, 0.25) is 11.7 Å². The Morgan fingerprint density at radius 2 is 2.06 bits per heavy atom. The topological polar surface area (TPSA) is 60.2 Å². The molecule has 1 heterocycles. The fourth-order valence-electron chi connectivity index (χ4n) is 1.46. The second-order valence-corrected chi connectivity index (χ2v) is 4.95. The summed E-state index contributed by atoms with van der Waals surface area (Å²) < 4.78 is 10.9. The van der Waals surface area contributed by atoms with Crippen LogP contribution in [-0.2, 0) is 10.3 Å². The van der Waals surface area contributed by atoms with Crippen molar-refractivity contribution in [3.63, 3.8) is 0 Å². The zero-order chi connectivity index (χ0) is 13.1. The Morgan fingerprint density at radius 1 is 1.41 bits per heavy atom. The largest absolute Gasteiger partial charge is 0.370 e. The van der Waals surface area contributed by atoms with Gasteiger partial charge >= 0.3 is 0 Å². The standard InChI is InChI=1S/C12H23N3O2/c1-7-16-9(8(2)3)10-14-11(17-15-10)12(4,5)13-6/h8-9,13H,7H2,1-6H3. The molecular weight excluding hydrogens is 218 g/mol. The van der Waals surface area contributed by atoms with Crippen LogP contribution >= 0.6 is 0 Å². The molecule has 0 fully saturated rings. The van der Waals surface area contributed by atoms with Crippen molar-refractivity contribution in [2.24, 2.45) is 5.92 Å². The van der Waals surface area contributed by atoms with Crippen LogP contribution in [0.4, 0.5) is 0 Å². The van der Waals surface area contributed by atoms with Gasteiger partial charge in [0.05, 0.1) is 5.54 Å². The lowest BCUT2D eigenvalue weighted by molar-refractivity contribution is 0.0217. The number of nitrogens with one attached hydrogen (secondary N) is 1. The van der Waals surface area contributed by atoms with Gasteiger partial charge in [0.1, 0.15) is 6.10 Å². The Hall–Kier alpha value is -0.940. The molecule has 0 radical (unpaired) electrons. The molecule has 1 rings (SSSR count). The van der Waals surface area contributed by atoms with Gasteiger partial charge in [-0.25, -0.2) is 0 Å². The molecule has 17 heavy (non-hydrogen) atoms. The van der Waals surface area contributed by atoms with Gasteiger partial charge in [-0.3, -0.25) is 0 Å². The molecule has 98 valence electrons. The van der Waals surface area contributed by atoms with Crippen molar-refractivity contribution in [3.8, 4) is 0 Å². The Balaban J connectivity index is 2.92. The van der Waals surface area contributed by atoms with E-state index in [9.17, 15) is 0 Å². The molecule has 1 unspecified atom stereocenters. The molecule has 1 aromatic rings. The van der Waals surface area contributed by atoms with E-state index in [0.717, 1.165) is 0 Å². The summed E-state index contributed by atoms with van der Waals surface area (Å²) >= 11 is 0. The van der Waals surface area contributed by atoms with Gasteiger partial charge in [-0.05, 0) is 33.7 Å². The zero-order valence-electron chi connectivity index (χ0n) is 11.6. The summed E-state index contributed by atoms with van der Waals surface area (Å²) in [6, 6.07) is 0. The third kappa shape index (κ3) is 3.26. The number of ether oxygens (including phenoxy) is 1. The minimum Gasteiger partial charge on any atom is -0.370 e. The first-order valence-electron chi connectivity index (χ1n) is 6.07. The van der Waals surface area contributed by atoms with E-state index in [1.807, 2.05) is 27.8 Å². The summed E-state index contributed by atoms with van der Waals surface area (Å²) in [5.41, 5.74) is -0.320. The van der Waals surface area contributed by atoms with E-state index in [1.54, 1.807) is 0 Å². The maximum absolute atomic E-state index is 5.64. The molecule has 5 nitrogen and oxygen atoms in total. The second kappa shape index (κ2) is 5.60. The Bertz CT molecular complexity index is 347. The summed E-state index contributed by atoms with van der Waals surface area (Å²) in [6.07, 6.45) is -0.106. The van der Waals surface area contributed by atoms with Gasteiger partial charge in [0.15, 0.2) is 0 Å². The average molecular weight is 241 g/mol. The highest BCUT2D eigenvalue weighted by Crippen LogP contribution is 2.25. The van der Waals surface area contributed by atoms with Gasteiger partial charge in [-0.15, -0.1) is 0 Å². The number of rotatable bonds is 6. The van der Waals surface area contributed by atoms with Crippen LogP contribution in [0.15, 0.2) is 4.52 Å². The molecule has 5 heteroatoms. The predicted molar refractivity (Wildman–Crippen MR) is 65.6 cm³/mol. The third-order valence-electron chi connectivity index (χ3n) is 2.81. The predicted octanol–water partition coefficient (Wildman–Crippen LogP) is 2.26. The van der Waals surface area contributed by atoms with Crippen molar-refractivity contribution in [2.45, 2.75) is 46.3 Å². The Kier molecular flexibility index (Phi) is 4.65.